The Hall–Kier alpha value is -2.47. The summed E-state index contributed by atoms with van der Waals surface area (Å²) in [7, 11) is 0. The normalized spacial score (nSPS) is 18.6. The number of piperazine rings is 1. The van der Waals surface area contributed by atoms with Crippen LogP contribution in [0.5, 0.6) is 0 Å². The van der Waals surface area contributed by atoms with Crippen molar-refractivity contribution in [3.8, 4) is 0 Å². The monoisotopic (exact) mass is 431 g/mol. The van der Waals surface area contributed by atoms with Crippen molar-refractivity contribution in [1.82, 2.24) is 9.80 Å². The van der Waals surface area contributed by atoms with Crippen molar-refractivity contribution in [1.29, 1.82) is 0 Å². The molecule has 5 rings (SSSR count). The molecule has 1 aromatic heterocycles. The molecule has 0 N–H and O–H groups in total. The molecular weight excluding hydrogens is 402 g/mol. The van der Waals surface area contributed by atoms with Gasteiger partial charge < -0.3 is 4.90 Å². The average Bonchev–Trinajstić information content (AvgIpc) is 3.40. The summed E-state index contributed by atoms with van der Waals surface area (Å²) >= 11 is 1.53. The molecule has 1 amide bonds. The lowest BCUT2D eigenvalue weighted by molar-refractivity contribution is 0.0792. The first-order chi connectivity index (χ1) is 15.2. The largest absolute Gasteiger partial charge is 0.306 e. The molecule has 0 radical (unpaired) electrons. The van der Waals surface area contributed by atoms with Crippen molar-refractivity contribution in [2.24, 2.45) is 0 Å². The Balaban J connectivity index is 1.27. The minimum atomic E-state index is 0.121. The fraction of sp³-hybridized carbons (Fsp3) is 0.346. The zero-order chi connectivity index (χ0) is 21.1. The van der Waals surface area contributed by atoms with Gasteiger partial charge in [-0.05, 0) is 42.0 Å². The highest BCUT2D eigenvalue weighted by Crippen LogP contribution is 2.44. The van der Waals surface area contributed by atoms with Crippen LogP contribution in [0.15, 0.2) is 78.2 Å². The number of hydrogen-bond donors (Lipinski definition) is 0. The van der Waals surface area contributed by atoms with E-state index in [0.29, 0.717) is 0 Å². The molecule has 5 heteroatoms. The highest BCUT2D eigenvalue weighted by Gasteiger charge is 2.50. The predicted octanol–water partition coefficient (Wildman–Crippen LogP) is 4.75. The molecule has 2 aliphatic rings. The van der Waals surface area contributed by atoms with Crippen LogP contribution in [0, 0.1) is 0 Å². The maximum Gasteiger partial charge on any atom is 0.268 e. The number of hydrogen-bond acceptors (Lipinski definition) is 4. The Morgan fingerprint density at radius 2 is 1.55 bits per heavy atom. The fourth-order valence-corrected chi connectivity index (χ4v) is 5.33. The number of rotatable bonds is 7. The van der Waals surface area contributed by atoms with Crippen LogP contribution in [0.4, 0.5) is 5.69 Å². The lowest BCUT2D eigenvalue weighted by Gasteiger charge is -2.41. The molecule has 31 heavy (non-hydrogen) atoms. The molecule has 0 unspecified atom stereocenters. The van der Waals surface area contributed by atoms with Gasteiger partial charge in [0.15, 0.2) is 0 Å². The highest BCUT2D eigenvalue weighted by atomic mass is 32.1. The van der Waals surface area contributed by atoms with Gasteiger partial charge in [-0.1, -0.05) is 54.6 Å². The highest BCUT2D eigenvalue weighted by molar-refractivity contribution is 7.12. The van der Waals surface area contributed by atoms with E-state index in [1.54, 1.807) is 0 Å². The van der Waals surface area contributed by atoms with Crippen LogP contribution in [0.2, 0.25) is 0 Å². The van der Waals surface area contributed by atoms with Crippen LogP contribution in [0.1, 0.15) is 28.1 Å². The summed E-state index contributed by atoms with van der Waals surface area (Å²) < 4.78 is 0. The molecule has 1 aliphatic heterocycles. The van der Waals surface area contributed by atoms with Crippen LogP contribution in [-0.2, 0) is 6.54 Å². The molecule has 160 valence electrons. The Kier molecular flexibility index (Phi) is 5.90. The first-order valence-corrected chi connectivity index (χ1v) is 12.0. The topological polar surface area (TPSA) is 26.8 Å². The van der Waals surface area contributed by atoms with E-state index in [-0.39, 0.29) is 11.4 Å². The van der Waals surface area contributed by atoms with Gasteiger partial charge in [0.2, 0.25) is 0 Å². The van der Waals surface area contributed by atoms with Crippen LogP contribution < -0.4 is 4.90 Å². The molecule has 2 heterocycles. The zero-order valence-corrected chi connectivity index (χ0v) is 18.6. The van der Waals surface area contributed by atoms with Crippen LogP contribution in [0.25, 0.3) is 0 Å². The van der Waals surface area contributed by atoms with Gasteiger partial charge in [0, 0.05) is 50.5 Å². The number of thiophene rings is 1. The van der Waals surface area contributed by atoms with Gasteiger partial charge in [-0.25, -0.2) is 0 Å². The van der Waals surface area contributed by atoms with E-state index >= 15 is 0 Å². The molecule has 0 bridgehead atoms. The third-order valence-electron chi connectivity index (χ3n) is 6.62. The number of para-hydroxylation sites is 1. The third-order valence-corrected chi connectivity index (χ3v) is 7.47. The number of carbonyl (C=O) groups is 1. The Bertz CT molecular complexity index is 978. The van der Waals surface area contributed by atoms with Crippen molar-refractivity contribution in [3.63, 3.8) is 0 Å². The summed E-state index contributed by atoms with van der Waals surface area (Å²) in [6.45, 7) is 6.11. The summed E-state index contributed by atoms with van der Waals surface area (Å²) in [4.78, 5) is 21.4. The Morgan fingerprint density at radius 3 is 2.16 bits per heavy atom. The second-order valence-corrected chi connectivity index (χ2v) is 9.62. The van der Waals surface area contributed by atoms with Gasteiger partial charge in [-0.2, -0.15) is 0 Å². The van der Waals surface area contributed by atoms with Crippen molar-refractivity contribution in [2.75, 3.05) is 37.6 Å². The Labute approximate surface area is 188 Å². The molecule has 2 aromatic carbocycles. The fourth-order valence-electron chi connectivity index (χ4n) is 4.66. The predicted molar refractivity (Wildman–Crippen MR) is 128 cm³/mol. The summed E-state index contributed by atoms with van der Waals surface area (Å²) in [5, 5.41) is 1.98. The number of nitrogens with zero attached hydrogens (tertiary/aromatic N) is 3. The minimum Gasteiger partial charge on any atom is -0.306 e. The van der Waals surface area contributed by atoms with E-state index < -0.39 is 0 Å². The first kappa shape index (κ1) is 20.4. The van der Waals surface area contributed by atoms with Crippen molar-refractivity contribution < 1.29 is 4.79 Å². The van der Waals surface area contributed by atoms with Crippen molar-refractivity contribution in [3.05, 3.63) is 88.6 Å². The summed E-state index contributed by atoms with van der Waals surface area (Å²) in [6, 6.07) is 24.8. The summed E-state index contributed by atoms with van der Waals surface area (Å²) in [5.74, 6) is 0.121. The smallest absolute Gasteiger partial charge is 0.268 e. The van der Waals surface area contributed by atoms with Crippen molar-refractivity contribution in [2.45, 2.75) is 24.9 Å². The number of benzene rings is 2. The van der Waals surface area contributed by atoms with Crippen LogP contribution >= 0.6 is 11.3 Å². The van der Waals surface area contributed by atoms with Gasteiger partial charge in [0.1, 0.15) is 0 Å². The van der Waals surface area contributed by atoms with Crippen LogP contribution in [0.3, 0.4) is 0 Å². The first-order valence-electron chi connectivity index (χ1n) is 11.2. The molecule has 1 saturated heterocycles. The molecule has 2 fully saturated rings. The quantitative estimate of drug-likeness (QED) is 0.540. The van der Waals surface area contributed by atoms with E-state index in [1.165, 1.54) is 29.7 Å². The van der Waals surface area contributed by atoms with E-state index in [9.17, 15) is 4.79 Å². The van der Waals surface area contributed by atoms with E-state index in [1.807, 2.05) is 40.6 Å². The number of amides is 1. The van der Waals surface area contributed by atoms with Crippen molar-refractivity contribution >= 4 is 22.9 Å². The van der Waals surface area contributed by atoms with Gasteiger partial charge in [-0.15, -0.1) is 11.3 Å². The lowest BCUT2D eigenvalue weighted by Crippen LogP contribution is -2.55. The lowest BCUT2D eigenvalue weighted by atomic mass is 10.1. The second kappa shape index (κ2) is 8.95. The van der Waals surface area contributed by atoms with E-state index in [4.69, 9.17) is 0 Å². The van der Waals surface area contributed by atoms with E-state index in [2.05, 4.69) is 52.3 Å². The van der Waals surface area contributed by atoms with Crippen LogP contribution in [-0.4, -0.2) is 54.0 Å². The SMILES string of the molecule is O=C(c1cccs1)N(CC1(N2CCN(Cc3ccccc3)CC2)CC1)c1ccccc1. The Morgan fingerprint density at radius 1 is 0.871 bits per heavy atom. The standard InChI is InChI=1S/C26H29N3OS/c30-25(24-12-7-19-31-24)29(23-10-5-2-6-11-23)21-26(13-14-26)28-17-15-27(16-18-28)20-22-8-3-1-4-9-22/h1-12,19H,13-18,20-21H2. The molecule has 0 spiro atoms. The third kappa shape index (κ3) is 4.59. The van der Waals surface area contributed by atoms with Gasteiger partial charge in [-0.3, -0.25) is 14.6 Å². The molecule has 4 nitrogen and oxygen atoms in total. The van der Waals surface area contributed by atoms with Gasteiger partial charge >= 0.3 is 0 Å². The number of carbonyl (C=O) groups excluding carboxylic acids is 1. The maximum absolute atomic E-state index is 13.4. The summed E-state index contributed by atoms with van der Waals surface area (Å²) in [6.07, 6.45) is 2.35. The van der Waals surface area contributed by atoms with E-state index in [0.717, 1.165) is 49.8 Å². The van der Waals surface area contributed by atoms with Gasteiger partial charge in [0.25, 0.3) is 5.91 Å². The second-order valence-electron chi connectivity index (χ2n) is 8.68. The number of anilines is 1. The molecule has 1 saturated carbocycles. The molecule has 0 atom stereocenters. The minimum absolute atomic E-state index is 0.121. The molecule has 1 aliphatic carbocycles. The summed E-state index contributed by atoms with van der Waals surface area (Å²) in [5.41, 5.74) is 2.51. The van der Waals surface area contributed by atoms with Gasteiger partial charge in [0.05, 0.1) is 4.88 Å². The average molecular weight is 432 g/mol. The molecular formula is C26H29N3OS. The molecule has 3 aromatic rings. The zero-order valence-electron chi connectivity index (χ0n) is 17.8. The maximum atomic E-state index is 13.4.